The summed E-state index contributed by atoms with van der Waals surface area (Å²) in [4.78, 5) is 14.7. The molecule has 0 saturated heterocycles. The van der Waals surface area contributed by atoms with Gasteiger partial charge in [0.1, 0.15) is 5.75 Å². The highest BCUT2D eigenvalue weighted by atomic mass is 19.4. The number of likely N-dealkylation sites (N-methyl/N-ethyl adjacent to an activating group) is 1. The molecule has 1 heterocycles. The van der Waals surface area contributed by atoms with E-state index in [-0.39, 0.29) is 17.9 Å². The molecule has 0 saturated carbocycles. The van der Waals surface area contributed by atoms with Gasteiger partial charge in [0.15, 0.2) is 0 Å². The van der Waals surface area contributed by atoms with E-state index in [2.05, 4.69) is 10.2 Å². The predicted molar refractivity (Wildman–Crippen MR) is 102 cm³/mol. The van der Waals surface area contributed by atoms with E-state index in [9.17, 15) is 18.0 Å². The van der Waals surface area contributed by atoms with Gasteiger partial charge in [-0.05, 0) is 61.3 Å². The Morgan fingerprint density at radius 1 is 1.18 bits per heavy atom. The summed E-state index contributed by atoms with van der Waals surface area (Å²) >= 11 is 0. The molecular weight excluding hydrogens is 369 g/mol. The first-order valence-electron chi connectivity index (χ1n) is 9.23. The lowest BCUT2D eigenvalue weighted by atomic mass is 9.99. The van der Waals surface area contributed by atoms with Gasteiger partial charge in [0.2, 0.25) is 0 Å². The van der Waals surface area contributed by atoms with Gasteiger partial charge in [-0.1, -0.05) is 13.0 Å². The number of alkyl halides is 3. The fourth-order valence-electron chi connectivity index (χ4n) is 3.21. The SMILES string of the molecule is CCCOc1ccc(C(=O)Nc2ccc3c(c2)CN(C)CC3)cc1C(F)(F)F. The second-order valence-electron chi connectivity index (χ2n) is 6.98. The fourth-order valence-corrected chi connectivity index (χ4v) is 3.21. The van der Waals surface area contributed by atoms with Crippen LogP contribution in [-0.2, 0) is 19.1 Å². The number of rotatable bonds is 5. The number of fused-ring (bicyclic) bond motifs is 1. The standard InChI is InChI=1S/C21H23F3N2O2/c1-3-10-28-19-7-5-15(12-18(19)21(22,23)24)20(27)25-17-6-4-14-8-9-26(2)13-16(14)11-17/h4-7,11-12H,3,8-10,13H2,1-2H3,(H,25,27). The van der Waals surface area contributed by atoms with Crippen molar-refractivity contribution in [3.8, 4) is 5.75 Å². The number of carbonyl (C=O) groups excluding carboxylic acids is 1. The number of nitrogens with one attached hydrogen (secondary N) is 1. The topological polar surface area (TPSA) is 41.6 Å². The summed E-state index contributed by atoms with van der Waals surface area (Å²) in [5.41, 5.74) is 1.91. The molecule has 1 aliphatic rings. The van der Waals surface area contributed by atoms with Crippen LogP contribution in [0.2, 0.25) is 0 Å². The number of halogens is 3. The smallest absolute Gasteiger partial charge is 0.419 e. The Morgan fingerprint density at radius 3 is 2.68 bits per heavy atom. The quantitative estimate of drug-likeness (QED) is 0.800. The number of nitrogens with zero attached hydrogens (tertiary/aromatic N) is 1. The van der Waals surface area contributed by atoms with Gasteiger partial charge in [0.05, 0.1) is 12.2 Å². The monoisotopic (exact) mass is 392 g/mol. The normalized spacial score (nSPS) is 14.5. The molecule has 3 rings (SSSR count). The van der Waals surface area contributed by atoms with Crippen LogP contribution in [0.15, 0.2) is 36.4 Å². The van der Waals surface area contributed by atoms with Crippen LogP contribution in [0.3, 0.4) is 0 Å². The Balaban J connectivity index is 1.82. The highest BCUT2D eigenvalue weighted by Gasteiger charge is 2.35. The molecular formula is C21H23F3N2O2. The molecule has 4 nitrogen and oxygen atoms in total. The molecule has 1 N–H and O–H groups in total. The lowest BCUT2D eigenvalue weighted by molar-refractivity contribution is -0.139. The number of hydrogen-bond donors (Lipinski definition) is 1. The van der Waals surface area contributed by atoms with Crippen LogP contribution in [0.25, 0.3) is 0 Å². The van der Waals surface area contributed by atoms with Gasteiger partial charge >= 0.3 is 6.18 Å². The minimum atomic E-state index is -4.60. The van der Waals surface area contributed by atoms with E-state index in [1.807, 2.05) is 26.1 Å². The first kappa shape index (κ1) is 20.2. The van der Waals surface area contributed by atoms with Crippen LogP contribution in [0.4, 0.5) is 18.9 Å². The van der Waals surface area contributed by atoms with Crippen molar-refractivity contribution >= 4 is 11.6 Å². The highest BCUT2D eigenvalue weighted by Crippen LogP contribution is 2.37. The number of anilines is 1. The van der Waals surface area contributed by atoms with Crippen LogP contribution in [0, 0.1) is 0 Å². The maximum Gasteiger partial charge on any atom is 0.419 e. The van der Waals surface area contributed by atoms with Gasteiger partial charge in [0.25, 0.3) is 5.91 Å². The summed E-state index contributed by atoms with van der Waals surface area (Å²) in [5.74, 6) is -0.848. The van der Waals surface area contributed by atoms with Crippen molar-refractivity contribution in [3.05, 3.63) is 58.7 Å². The first-order chi connectivity index (χ1) is 13.3. The van der Waals surface area contributed by atoms with Crippen LogP contribution < -0.4 is 10.1 Å². The third kappa shape index (κ3) is 4.65. The molecule has 1 amide bonds. The maximum atomic E-state index is 13.4. The number of ether oxygens (including phenoxy) is 1. The summed E-state index contributed by atoms with van der Waals surface area (Å²) in [7, 11) is 2.02. The zero-order chi connectivity index (χ0) is 20.3. The van der Waals surface area contributed by atoms with E-state index >= 15 is 0 Å². The third-order valence-electron chi connectivity index (χ3n) is 4.68. The van der Waals surface area contributed by atoms with Crippen molar-refractivity contribution in [1.29, 1.82) is 0 Å². The average Bonchev–Trinajstić information content (AvgIpc) is 2.65. The van der Waals surface area contributed by atoms with Gasteiger partial charge < -0.3 is 15.0 Å². The van der Waals surface area contributed by atoms with Crippen LogP contribution >= 0.6 is 0 Å². The molecule has 28 heavy (non-hydrogen) atoms. The van der Waals surface area contributed by atoms with Crippen LogP contribution in [0.1, 0.15) is 40.4 Å². The van der Waals surface area contributed by atoms with Crippen LogP contribution in [-0.4, -0.2) is 31.0 Å². The van der Waals surface area contributed by atoms with Crippen molar-refractivity contribution in [2.75, 3.05) is 25.5 Å². The number of amides is 1. The average molecular weight is 392 g/mol. The minimum Gasteiger partial charge on any atom is -0.493 e. The molecule has 0 aliphatic carbocycles. The third-order valence-corrected chi connectivity index (χ3v) is 4.68. The molecule has 150 valence electrons. The molecule has 0 radical (unpaired) electrons. The lowest BCUT2D eigenvalue weighted by Crippen LogP contribution is -2.26. The van der Waals surface area contributed by atoms with E-state index < -0.39 is 17.6 Å². The van der Waals surface area contributed by atoms with Gasteiger partial charge in [0, 0.05) is 24.3 Å². The zero-order valence-corrected chi connectivity index (χ0v) is 15.9. The number of carbonyl (C=O) groups is 1. The van der Waals surface area contributed by atoms with Crippen molar-refractivity contribution in [2.45, 2.75) is 32.5 Å². The van der Waals surface area contributed by atoms with Gasteiger partial charge in [-0.2, -0.15) is 13.2 Å². The van der Waals surface area contributed by atoms with Gasteiger partial charge in [-0.3, -0.25) is 4.79 Å². The van der Waals surface area contributed by atoms with E-state index in [4.69, 9.17) is 4.74 Å². The van der Waals surface area contributed by atoms with E-state index in [1.54, 1.807) is 6.07 Å². The molecule has 0 unspecified atom stereocenters. The van der Waals surface area contributed by atoms with Crippen molar-refractivity contribution < 1.29 is 22.7 Å². The Labute approximate surface area is 162 Å². The van der Waals surface area contributed by atoms with Crippen LogP contribution in [0.5, 0.6) is 5.75 Å². The summed E-state index contributed by atoms with van der Waals surface area (Å²) in [6.45, 7) is 3.75. The molecule has 2 aromatic carbocycles. The number of hydrogen-bond acceptors (Lipinski definition) is 3. The summed E-state index contributed by atoms with van der Waals surface area (Å²) in [6.07, 6.45) is -3.07. The molecule has 0 aromatic heterocycles. The first-order valence-corrected chi connectivity index (χ1v) is 9.23. The Bertz CT molecular complexity index is 865. The maximum absolute atomic E-state index is 13.4. The molecule has 0 fully saturated rings. The Morgan fingerprint density at radius 2 is 1.96 bits per heavy atom. The van der Waals surface area contributed by atoms with Crippen molar-refractivity contribution in [1.82, 2.24) is 4.90 Å². The van der Waals surface area contributed by atoms with Gasteiger partial charge in [-0.25, -0.2) is 0 Å². The Hall–Kier alpha value is -2.54. The van der Waals surface area contributed by atoms with E-state index in [0.717, 1.165) is 31.1 Å². The summed E-state index contributed by atoms with van der Waals surface area (Å²) in [5, 5.41) is 2.70. The lowest BCUT2D eigenvalue weighted by Gasteiger charge is -2.25. The van der Waals surface area contributed by atoms with E-state index in [1.165, 1.54) is 17.7 Å². The zero-order valence-electron chi connectivity index (χ0n) is 15.9. The highest BCUT2D eigenvalue weighted by molar-refractivity contribution is 6.04. The summed E-state index contributed by atoms with van der Waals surface area (Å²) < 4.78 is 45.2. The molecule has 2 aromatic rings. The fraction of sp³-hybridized carbons (Fsp3) is 0.381. The molecule has 0 bridgehead atoms. The van der Waals surface area contributed by atoms with E-state index in [0.29, 0.717) is 12.1 Å². The predicted octanol–water partition coefficient (Wildman–Crippen LogP) is 4.73. The Kier molecular flexibility index (Phi) is 5.93. The minimum absolute atomic E-state index is 0.0639. The molecule has 0 spiro atoms. The van der Waals surface area contributed by atoms with Crippen molar-refractivity contribution in [2.24, 2.45) is 0 Å². The second-order valence-corrected chi connectivity index (χ2v) is 6.98. The number of benzene rings is 2. The largest absolute Gasteiger partial charge is 0.493 e. The second kappa shape index (κ2) is 8.22. The van der Waals surface area contributed by atoms with Crippen molar-refractivity contribution in [3.63, 3.8) is 0 Å². The summed E-state index contributed by atoms with van der Waals surface area (Å²) in [6, 6.07) is 9.02. The molecule has 0 atom stereocenters. The molecule has 7 heteroatoms. The van der Waals surface area contributed by atoms with Gasteiger partial charge in [-0.15, -0.1) is 0 Å². The molecule has 1 aliphatic heterocycles.